The summed E-state index contributed by atoms with van der Waals surface area (Å²) >= 11 is 0. The summed E-state index contributed by atoms with van der Waals surface area (Å²) in [4.78, 5) is 24.8. The molecule has 2 heterocycles. The number of hydrogen-bond acceptors (Lipinski definition) is 4. The molecule has 6 nitrogen and oxygen atoms in total. The highest BCUT2D eigenvalue weighted by Gasteiger charge is 2.42. The van der Waals surface area contributed by atoms with E-state index in [1.165, 1.54) is 17.0 Å². The molecular weight excluding hydrogens is 293 g/mol. The summed E-state index contributed by atoms with van der Waals surface area (Å²) in [6.45, 7) is 2.12. The summed E-state index contributed by atoms with van der Waals surface area (Å²) in [6, 6.07) is 3.31. The van der Waals surface area contributed by atoms with E-state index in [0.29, 0.717) is 39.3 Å². The minimum absolute atomic E-state index is 0.124. The predicted molar refractivity (Wildman–Crippen MR) is 73.4 cm³/mol. The number of halogens is 1. The number of nitrogens with zero attached hydrogens (tertiary/aromatic N) is 1. The average Bonchev–Trinajstić information content (AvgIpc) is 2.94. The third kappa shape index (κ3) is 2.69. The van der Waals surface area contributed by atoms with Crippen molar-refractivity contribution < 1.29 is 28.6 Å². The smallest absolute Gasteiger partial charge is 0.335 e. The first-order valence-electron chi connectivity index (χ1n) is 7.05. The number of aromatic carboxylic acids is 1. The van der Waals surface area contributed by atoms with Crippen molar-refractivity contribution >= 4 is 11.9 Å². The Balaban J connectivity index is 1.80. The first kappa shape index (κ1) is 14.9. The molecule has 1 aromatic carbocycles. The zero-order valence-corrected chi connectivity index (χ0v) is 11.9. The number of carboxylic acids is 1. The van der Waals surface area contributed by atoms with Gasteiger partial charge in [-0.25, -0.2) is 9.18 Å². The summed E-state index contributed by atoms with van der Waals surface area (Å²) in [6.07, 6.45) is 0.706. The Bertz CT molecular complexity index is 612. The Labute approximate surface area is 126 Å². The zero-order valence-electron chi connectivity index (χ0n) is 11.9. The fraction of sp³-hybridized carbons (Fsp3) is 0.467. The van der Waals surface area contributed by atoms with E-state index in [4.69, 9.17) is 14.6 Å². The number of ether oxygens (including phenoxy) is 2. The van der Waals surface area contributed by atoms with Crippen molar-refractivity contribution in [3.8, 4) is 0 Å². The van der Waals surface area contributed by atoms with Gasteiger partial charge < -0.3 is 19.5 Å². The molecule has 1 atom stereocenters. The Morgan fingerprint density at radius 2 is 2.14 bits per heavy atom. The van der Waals surface area contributed by atoms with E-state index in [9.17, 15) is 14.0 Å². The zero-order chi connectivity index (χ0) is 15.7. The fourth-order valence-electron chi connectivity index (χ4n) is 2.84. The number of hydrogen-bond donors (Lipinski definition) is 1. The molecule has 0 bridgehead atoms. The lowest BCUT2D eigenvalue weighted by atomic mass is 10.00. The van der Waals surface area contributed by atoms with Crippen molar-refractivity contribution in [3.05, 3.63) is 35.1 Å². The van der Waals surface area contributed by atoms with Gasteiger partial charge in [0.15, 0.2) is 0 Å². The number of carbonyl (C=O) groups excluding carboxylic acids is 1. The monoisotopic (exact) mass is 309 g/mol. The van der Waals surface area contributed by atoms with Crippen LogP contribution in [0.1, 0.15) is 27.1 Å². The SMILES string of the molecule is O=C(O)c1ccc(C(=O)N2CCOC3(CCOC3)C2)c(F)c1. The molecule has 1 N–H and O–H groups in total. The maximum absolute atomic E-state index is 14.0. The van der Waals surface area contributed by atoms with Gasteiger partial charge in [-0.2, -0.15) is 0 Å². The van der Waals surface area contributed by atoms with E-state index < -0.39 is 23.3 Å². The summed E-state index contributed by atoms with van der Waals surface area (Å²) < 4.78 is 25.1. The molecule has 7 heteroatoms. The molecule has 2 aliphatic rings. The Morgan fingerprint density at radius 1 is 1.32 bits per heavy atom. The molecular formula is C15H16FNO5. The van der Waals surface area contributed by atoms with Crippen LogP contribution in [-0.2, 0) is 9.47 Å². The quantitative estimate of drug-likeness (QED) is 0.887. The van der Waals surface area contributed by atoms with E-state index in [2.05, 4.69) is 0 Å². The maximum atomic E-state index is 14.0. The molecule has 0 aliphatic carbocycles. The lowest BCUT2D eigenvalue weighted by Crippen LogP contribution is -2.54. The van der Waals surface area contributed by atoms with Gasteiger partial charge in [-0.1, -0.05) is 0 Å². The number of rotatable bonds is 2. The van der Waals surface area contributed by atoms with E-state index >= 15 is 0 Å². The van der Waals surface area contributed by atoms with Crippen LogP contribution >= 0.6 is 0 Å². The van der Waals surface area contributed by atoms with Crippen molar-refractivity contribution in [3.63, 3.8) is 0 Å². The molecule has 2 fully saturated rings. The van der Waals surface area contributed by atoms with Crippen molar-refractivity contribution in [1.82, 2.24) is 4.90 Å². The highest BCUT2D eigenvalue weighted by Crippen LogP contribution is 2.28. The van der Waals surface area contributed by atoms with Gasteiger partial charge in [0.2, 0.25) is 0 Å². The second-order valence-electron chi connectivity index (χ2n) is 5.56. The Kier molecular flexibility index (Phi) is 3.84. The molecule has 0 aromatic heterocycles. The molecule has 2 saturated heterocycles. The van der Waals surface area contributed by atoms with Gasteiger partial charge in [0, 0.05) is 19.6 Å². The molecule has 3 rings (SSSR count). The minimum Gasteiger partial charge on any atom is -0.478 e. The van der Waals surface area contributed by atoms with Gasteiger partial charge in [0.05, 0.1) is 30.9 Å². The third-order valence-corrected chi connectivity index (χ3v) is 4.05. The molecule has 1 aromatic rings. The third-order valence-electron chi connectivity index (χ3n) is 4.05. The first-order chi connectivity index (χ1) is 10.5. The highest BCUT2D eigenvalue weighted by molar-refractivity contribution is 5.96. The molecule has 0 saturated carbocycles. The summed E-state index contributed by atoms with van der Waals surface area (Å²) in [5.74, 6) is -2.51. The standard InChI is InChI=1S/C15H16FNO5/c16-12-7-10(14(19)20)1-2-11(12)13(18)17-4-6-22-15(8-17)3-5-21-9-15/h1-2,7H,3-6,8-9H2,(H,19,20). The van der Waals surface area contributed by atoms with Gasteiger partial charge >= 0.3 is 5.97 Å². The van der Waals surface area contributed by atoms with Crippen LogP contribution in [0.15, 0.2) is 18.2 Å². The first-order valence-corrected chi connectivity index (χ1v) is 7.05. The molecule has 22 heavy (non-hydrogen) atoms. The highest BCUT2D eigenvalue weighted by atomic mass is 19.1. The average molecular weight is 309 g/mol. The molecule has 1 unspecified atom stereocenters. The largest absolute Gasteiger partial charge is 0.478 e. The number of morpholine rings is 1. The summed E-state index contributed by atoms with van der Waals surface area (Å²) in [7, 11) is 0. The Morgan fingerprint density at radius 3 is 2.77 bits per heavy atom. The molecule has 1 amide bonds. The van der Waals surface area contributed by atoms with E-state index in [1.54, 1.807) is 0 Å². The number of amides is 1. The van der Waals surface area contributed by atoms with Gasteiger partial charge in [-0.3, -0.25) is 4.79 Å². The van der Waals surface area contributed by atoms with Crippen molar-refractivity contribution in [2.45, 2.75) is 12.0 Å². The molecule has 2 aliphatic heterocycles. The van der Waals surface area contributed by atoms with Gasteiger partial charge in [0.25, 0.3) is 5.91 Å². The van der Waals surface area contributed by atoms with Crippen LogP contribution in [0.3, 0.4) is 0 Å². The second kappa shape index (κ2) is 5.66. The fourth-order valence-corrected chi connectivity index (χ4v) is 2.84. The lowest BCUT2D eigenvalue weighted by Gasteiger charge is -2.39. The summed E-state index contributed by atoms with van der Waals surface area (Å²) in [5.41, 5.74) is -0.802. The van der Waals surface area contributed by atoms with E-state index in [1.807, 2.05) is 0 Å². The minimum atomic E-state index is -1.23. The number of carboxylic acid groups (broad SMARTS) is 1. The van der Waals surface area contributed by atoms with Crippen LogP contribution in [0.25, 0.3) is 0 Å². The van der Waals surface area contributed by atoms with Crippen LogP contribution in [-0.4, -0.2) is 60.4 Å². The summed E-state index contributed by atoms with van der Waals surface area (Å²) in [5, 5.41) is 8.83. The van der Waals surface area contributed by atoms with Crippen molar-refractivity contribution in [1.29, 1.82) is 0 Å². The van der Waals surface area contributed by atoms with Gasteiger partial charge in [0.1, 0.15) is 11.4 Å². The van der Waals surface area contributed by atoms with E-state index in [-0.39, 0.29) is 11.1 Å². The van der Waals surface area contributed by atoms with Crippen LogP contribution in [0.5, 0.6) is 0 Å². The molecule has 1 spiro atoms. The van der Waals surface area contributed by atoms with Crippen LogP contribution < -0.4 is 0 Å². The van der Waals surface area contributed by atoms with Crippen molar-refractivity contribution in [2.75, 3.05) is 32.9 Å². The predicted octanol–water partition coefficient (Wildman–Crippen LogP) is 1.16. The number of benzene rings is 1. The van der Waals surface area contributed by atoms with E-state index in [0.717, 1.165) is 6.07 Å². The number of carbonyl (C=O) groups is 2. The van der Waals surface area contributed by atoms with Gasteiger partial charge in [-0.05, 0) is 18.2 Å². The molecule has 118 valence electrons. The maximum Gasteiger partial charge on any atom is 0.335 e. The second-order valence-corrected chi connectivity index (χ2v) is 5.56. The van der Waals surface area contributed by atoms with Crippen LogP contribution in [0.2, 0.25) is 0 Å². The Hall–Kier alpha value is -1.99. The normalized spacial score (nSPS) is 24.7. The van der Waals surface area contributed by atoms with Crippen LogP contribution in [0, 0.1) is 5.82 Å². The van der Waals surface area contributed by atoms with Gasteiger partial charge in [-0.15, -0.1) is 0 Å². The lowest BCUT2D eigenvalue weighted by molar-refractivity contribution is -0.0996. The molecule has 0 radical (unpaired) electrons. The topological polar surface area (TPSA) is 76.1 Å². The van der Waals surface area contributed by atoms with Crippen molar-refractivity contribution in [2.24, 2.45) is 0 Å². The van der Waals surface area contributed by atoms with Crippen LogP contribution in [0.4, 0.5) is 4.39 Å².